The zero-order valence-electron chi connectivity index (χ0n) is 13.8. The molecule has 0 radical (unpaired) electrons. The Morgan fingerprint density at radius 1 is 0.857 bits per heavy atom. The third kappa shape index (κ3) is 3.74. The Morgan fingerprint density at radius 3 is 2.00 bits per heavy atom. The first-order chi connectivity index (χ1) is 9.88. The van der Waals surface area contributed by atoms with Gasteiger partial charge in [0.1, 0.15) is 0 Å². The Hall–Kier alpha value is -1.60. The minimum Gasteiger partial charge on any atom is -0.388 e. The summed E-state index contributed by atoms with van der Waals surface area (Å²) < 4.78 is 0. The molecule has 0 saturated heterocycles. The van der Waals surface area contributed by atoms with Gasteiger partial charge >= 0.3 is 0 Å². The highest BCUT2D eigenvalue weighted by molar-refractivity contribution is 5.38. The highest BCUT2D eigenvalue weighted by atomic mass is 16.3. The van der Waals surface area contributed by atoms with E-state index in [1.54, 1.807) is 0 Å². The monoisotopic (exact) mass is 282 g/mol. The van der Waals surface area contributed by atoms with Crippen molar-refractivity contribution in [1.29, 1.82) is 0 Å². The van der Waals surface area contributed by atoms with Crippen LogP contribution in [0.3, 0.4) is 0 Å². The van der Waals surface area contributed by atoms with Gasteiger partial charge in [-0.2, -0.15) is 0 Å². The van der Waals surface area contributed by atoms with Crippen LogP contribution in [0.2, 0.25) is 0 Å². The van der Waals surface area contributed by atoms with Crippen LogP contribution in [-0.2, 0) is 6.42 Å². The van der Waals surface area contributed by atoms with Gasteiger partial charge in [-0.05, 0) is 60.1 Å². The minimum atomic E-state index is -0.436. The van der Waals surface area contributed by atoms with Gasteiger partial charge in [-0.1, -0.05) is 50.2 Å². The van der Waals surface area contributed by atoms with Crippen LogP contribution in [-0.4, -0.2) is 5.11 Å². The topological polar surface area (TPSA) is 20.2 Å². The summed E-state index contributed by atoms with van der Waals surface area (Å²) in [4.78, 5) is 0. The summed E-state index contributed by atoms with van der Waals surface area (Å²) in [5, 5.41) is 10.5. The molecule has 1 unspecified atom stereocenters. The minimum absolute atomic E-state index is 0.436. The summed E-state index contributed by atoms with van der Waals surface area (Å²) in [6.07, 6.45) is 0.232. The molecule has 0 bridgehead atoms. The molecule has 0 fully saturated rings. The van der Waals surface area contributed by atoms with Gasteiger partial charge in [0, 0.05) is 6.42 Å². The molecule has 0 aliphatic heterocycles. The predicted molar refractivity (Wildman–Crippen MR) is 89.8 cm³/mol. The Balaban J connectivity index is 2.17. The molecule has 112 valence electrons. The standard InChI is InChI=1S/C20H26O/c1-13(2)18-8-6-17(7-9-18)12-20(21)19-11-15(4)14(3)10-16(19)5/h6-11,13,20-21H,12H2,1-5H3. The summed E-state index contributed by atoms with van der Waals surface area (Å²) in [5.74, 6) is 0.547. The first-order valence-corrected chi connectivity index (χ1v) is 7.73. The lowest BCUT2D eigenvalue weighted by Crippen LogP contribution is -2.05. The molecule has 0 aliphatic rings. The highest BCUT2D eigenvalue weighted by Gasteiger charge is 2.13. The zero-order chi connectivity index (χ0) is 15.6. The molecule has 2 aromatic carbocycles. The van der Waals surface area contributed by atoms with Gasteiger partial charge in [0.15, 0.2) is 0 Å². The fourth-order valence-electron chi connectivity index (χ4n) is 2.71. The van der Waals surface area contributed by atoms with Crippen LogP contribution in [0.15, 0.2) is 36.4 Å². The lowest BCUT2D eigenvalue weighted by atomic mass is 9.93. The zero-order valence-corrected chi connectivity index (χ0v) is 13.8. The average Bonchev–Trinajstić information content (AvgIpc) is 2.43. The second-order valence-electron chi connectivity index (χ2n) is 6.41. The number of aliphatic hydroxyl groups excluding tert-OH is 1. The maximum Gasteiger partial charge on any atom is 0.0833 e. The van der Waals surface area contributed by atoms with Crippen molar-refractivity contribution >= 4 is 0 Å². The van der Waals surface area contributed by atoms with Crippen LogP contribution < -0.4 is 0 Å². The van der Waals surface area contributed by atoms with Gasteiger partial charge in [-0.25, -0.2) is 0 Å². The molecule has 1 nitrogen and oxygen atoms in total. The lowest BCUT2D eigenvalue weighted by Gasteiger charge is -2.16. The Kier molecular flexibility index (Phi) is 4.84. The first-order valence-electron chi connectivity index (χ1n) is 7.73. The molecule has 1 heteroatoms. The number of benzene rings is 2. The van der Waals surface area contributed by atoms with E-state index < -0.39 is 6.10 Å². The van der Waals surface area contributed by atoms with E-state index in [0.717, 1.165) is 5.56 Å². The van der Waals surface area contributed by atoms with Crippen LogP contribution >= 0.6 is 0 Å². The molecule has 0 aliphatic carbocycles. The van der Waals surface area contributed by atoms with Crippen LogP contribution in [0.5, 0.6) is 0 Å². The van der Waals surface area contributed by atoms with Gasteiger partial charge in [0.25, 0.3) is 0 Å². The third-order valence-corrected chi connectivity index (χ3v) is 4.32. The van der Waals surface area contributed by atoms with E-state index in [1.165, 1.54) is 27.8 Å². The van der Waals surface area contributed by atoms with Gasteiger partial charge in [0.2, 0.25) is 0 Å². The Labute approximate surface area is 128 Å². The van der Waals surface area contributed by atoms with Crippen molar-refractivity contribution in [3.63, 3.8) is 0 Å². The number of hydrogen-bond donors (Lipinski definition) is 1. The van der Waals surface area contributed by atoms with Gasteiger partial charge < -0.3 is 5.11 Å². The first kappa shape index (κ1) is 15.8. The van der Waals surface area contributed by atoms with Crippen molar-refractivity contribution in [2.24, 2.45) is 0 Å². The van der Waals surface area contributed by atoms with E-state index >= 15 is 0 Å². The van der Waals surface area contributed by atoms with Crippen molar-refractivity contribution in [2.75, 3.05) is 0 Å². The molecule has 2 rings (SSSR count). The molecule has 0 heterocycles. The van der Waals surface area contributed by atoms with Crippen LogP contribution in [0, 0.1) is 20.8 Å². The average molecular weight is 282 g/mol. The van der Waals surface area contributed by atoms with E-state index in [0.29, 0.717) is 12.3 Å². The number of aryl methyl sites for hydroxylation is 3. The summed E-state index contributed by atoms with van der Waals surface area (Å²) in [5.41, 5.74) is 7.27. The summed E-state index contributed by atoms with van der Waals surface area (Å²) in [6.45, 7) is 10.7. The van der Waals surface area contributed by atoms with Crippen molar-refractivity contribution in [3.05, 3.63) is 69.8 Å². The summed E-state index contributed by atoms with van der Waals surface area (Å²) >= 11 is 0. The third-order valence-electron chi connectivity index (χ3n) is 4.32. The van der Waals surface area contributed by atoms with Crippen LogP contribution in [0.1, 0.15) is 59.3 Å². The van der Waals surface area contributed by atoms with Gasteiger partial charge in [0.05, 0.1) is 6.10 Å². The largest absolute Gasteiger partial charge is 0.388 e. The predicted octanol–water partition coefficient (Wildman–Crippen LogP) is 5.01. The van der Waals surface area contributed by atoms with Gasteiger partial charge in [-0.3, -0.25) is 0 Å². The Morgan fingerprint density at radius 2 is 1.43 bits per heavy atom. The molecular formula is C20H26O. The lowest BCUT2D eigenvalue weighted by molar-refractivity contribution is 0.177. The highest BCUT2D eigenvalue weighted by Crippen LogP contribution is 2.25. The summed E-state index contributed by atoms with van der Waals surface area (Å²) in [7, 11) is 0. The smallest absolute Gasteiger partial charge is 0.0833 e. The van der Waals surface area contributed by atoms with Crippen LogP contribution in [0.4, 0.5) is 0 Å². The molecule has 0 aromatic heterocycles. The SMILES string of the molecule is Cc1cc(C)c(C(O)Cc2ccc(C(C)C)cc2)cc1C. The number of hydrogen-bond acceptors (Lipinski definition) is 1. The number of aliphatic hydroxyl groups is 1. The van der Waals surface area contributed by atoms with E-state index in [9.17, 15) is 5.11 Å². The molecule has 0 spiro atoms. The van der Waals surface area contributed by atoms with E-state index in [1.807, 2.05) is 0 Å². The molecule has 1 atom stereocenters. The van der Waals surface area contributed by atoms with Crippen molar-refractivity contribution in [3.8, 4) is 0 Å². The van der Waals surface area contributed by atoms with Crippen molar-refractivity contribution in [1.82, 2.24) is 0 Å². The maximum absolute atomic E-state index is 10.5. The fourth-order valence-corrected chi connectivity index (χ4v) is 2.71. The molecule has 21 heavy (non-hydrogen) atoms. The quantitative estimate of drug-likeness (QED) is 0.835. The van der Waals surface area contributed by atoms with Crippen molar-refractivity contribution < 1.29 is 5.11 Å². The number of rotatable bonds is 4. The van der Waals surface area contributed by atoms with E-state index in [2.05, 4.69) is 71.0 Å². The molecule has 1 N–H and O–H groups in total. The normalized spacial score (nSPS) is 12.7. The fraction of sp³-hybridized carbons (Fsp3) is 0.400. The van der Waals surface area contributed by atoms with E-state index in [-0.39, 0.29) is 0 Å². The maximum atomic E-state index is 10.5. The van der Waals surface area contributed by atoms with E-state index in [4.69, 9.17) is 0 Å². The summed E-state index contributed by atoms with van der Waals surface area (Å²) in [6, 6.07) is 12.9. The molecular weight excluding hydrogens is 256 g/mol. The molecule has 0 amide bonds. The van der Waals surface area contributed by atoms with Gasteiger partial charge in [-0.15, -0.1) is 0 Å². The second-order valence-corrected chi connectivity index (χ2v) is 6.41. The molecule has 2 aromatic rings. The van der Waals surface area contributed by atoms with Crippen molar-refractivity contribution in [2.45, 2.75) is 53.1 Å². The van der Waals surface area contributed by atoms with Crippen LogP contribution in [0.25, 0.3) is 0 Å². The Bertz CT molecular complexity index is 608. The molecule has 0 saturated carbocycles. The second kappa shape index (κ2) is 6.44.